The molecule has 0 amide bonds. The maximum absolute atomic E-state index is 12.3. The molecule has 0 bridgehead atoms. The first-order valence-electron chi connectivity index (χ1n) is 6.62. The zero-order valence-corrected chi connectivity index (χ0v) is 12.9. The summed E-state index contributed by atoms with van der Waals surface area (Å²) in [6.45, 7) is 4.13. The molecular formula is C14H19N3O3S. The number of nitrogens with zero attached hydrogens (tertiary/aromatic N) is 2. The van der Waals surface area contributed by atoms with Crippen LogP contribution in [0.15, 0.2) is 35.5 Å². The van der Waals surface area contributed by atoms with E-state index in [0.29, 0.717) is 17.7 Å². The minimum absolute atomic E-state index is 0.179. The molecule has 2 aromatic rings. The van der Waals surface area contributed by atoms with Crippen LogP contribution in [0.5, 0.6) is 0 Å². The van der Waals surface area contributed by atoms with Gasteiger partial charge in [-0.3, -0.25) is 4.68 Å². The van der Waals surface area contributed by atoms with E-state index in [1.165, 1.54) is 6.07 Å². The highest BCUT2D eigenvalue weighted by atomic mass is 32.2. The lowest BCUT2D eigenvalue weighted by Crippen LogP contribution is -2.28. The second-order valence-electron chi connectivity index (χ2n) is 4.87. The molecule has 1 heterocycles. The van der Waals surface area contributed by atoms with Crippen LogP contribution in [-0.4, -0.2) is 29.8 Å². The third kappa shape index (κ3) is 3.69. The van der Waals surface area contributed by atoms with E-state index in [0.717, 1.165) is 5.56 Å². The monoisotopic (exact) mass is 309 g/mol. The third-order valence-corrected chi connectivity index (χ3v) is 4.89. The van der Waals surface area contributed by atoms with Crippen LogP contribution in [0.3, 0.4) is 0 Å². The van der Waals surface area contributed by atoms with Crippen LogP contribution < -0.4 is 4.72 Å². The number of rotatable bonds is 6. The van der Waals surface area contributed by atoms with Crippen LogP contribution >= 0.6 is 0 Å². The van der Waals surface area contributed by atoms with E-state index < -0.39 is 10.0 Å². The fourth-order valence-electron chi connectivity index (χ4n) is 2.14. The molecule has 2 N–H and O–H groups in total. The fraction of sp³-hybridized carbons (Fsp3) is 0.357. The lowest BCUT2D eigenvalue weighted by atomic mass is 10.1. The number of hydrogen-bond donors (Lipinski definition) is 2. The Hall–Kier alpha value is -1.70. The molecule has 0 aliphatic heterocycles. The second-order valence-corrected chi connectivity index (χ2v) is 6.60. The van der Waals surface area contributed by atoms with Gasteiger partial charge in [-0.25, -0.2) is 13.1 Å². The number of aromatic nitrogens is 2. The Balaban J connectivity index is 2.15. The van der Waals surface area contributed by atoms with Crippen molar-refractivity contribution in [1.82, 2.24) is 14.5 Å². The Morgan fingerprint density at radius 1 is 1.29 bits per heavy atom. The van der Waals surface area contributed by atoms with E-state index in [9.17, 15) is 13.5 Å². The largest absolute Gasteiger partial charge is 0.392 e. The first-order chi connectivity index (χ1) is 9.94. The smallest absolute Gasteiger partial charge is 0.240 e. The van der Waals surface area contributed by atoms with Crippen LogP contribution in [-0.2, 0) is 23.2 Å². The van der Waals surface area contributed by atoms with Crippen molar-refractivity contribution < 1.29 is 13.5 Å². The average molecular weight is 309 g/mol. The molecule has 1 aromatic heterocycles. The van der Waals surface area contributed by atoms with Gasteiger partial charge in [-0.2, -0.15) is 5.10 Å². The van der Waals surface area contributed by atoms with Gasteiger partial charge < -0.3 is 5.11 Å². The Bertz CT molecular complexity index is 709. The van der Waals surface area contributed by atoms with Crippen molar-refractivity contribution >= 4 is 10.0 Å². The average Bonchev–Trinajstić information content (AvgIpc) is 2.91. The van der Waals surface area contributed by atoms with Gasteiger partial charge in [0, 0.05) is 18.9 Å². The molecule has 7 heteroatoms. The summed E-state index contributed by atoms with van der Waals surface area (Å²) in [5, 5.41) is 13.3. The van der Waals surface area contributed by atoms with Crippen molar-refractivity contribution in [2.24, 2.45) is 0 Å². The summed E-state index contributed by atoms with van der Waals surface area (Å²) < 4.78 is 28.9. The van der Waals surface area contributed by atoms with Crippen molar-refractivity contribution in [3.63, 3.8) is 0 Å². The van der Waals surface area contributed by atoms with Crippen molar-refractivity contribution in [3.8, 4) is 0 Å². The number of aliphatic hydroxyl groups is 1. The van der Waals surface area contributed by atoms with Crippen LogP contribution in [0.4, 0.5) is 0 Å². The van der Waals surface area contributed by atoms with E-state index in [1.807, 2.05) is 6.92 Å². The summed E-state index contributed by atoms with van der Waals surface area (Å²) in [6, 6.07) is 5.08. The van der Waals surface area contributed by atoms with E-state index in [2.05, 4.69) is 9.82 Å². The fourth-order valence-corrected chi connectivity index (χ4v) is 3.44. The highest BCUT2D eigenvalue weighted by Gasteiger charge is 2.18. The van der Waals surface area contributed by atoms with Gasteiger partial charge >= 0.3 is 0 Å². The molecular weight excluding hydrogens is 290 g/mol. The lowest BCUT2D eigenvalue weighted by molar-refractivity contribution is 0.280. The molecule has 0 saturated carbocycles. The molecule has 21 heavy (non-hydrogen) atoms. The predicted octanol–water partition coefficient (Wildman–Crippen LogP) is 0.971. The first-order valence-corrected chi connectivity index (χ1v) is 8.10. The van der Waals surface area contributed by atoms with Crippen molar-refractivity contribution in [3.05, 3.63) is 47.3 Å². The van der Waals surface area contributed by atoms with Gasteiger partial charge in [-0.05, 0) is 42.7 Å². The zero-order valence-electron chi connectivity index (χ0n) is 12.1. The number of nitrogens with one attached hydrogen (secondary N) is 1. The Kier molecular flexibility index (Phi) is 4.76. The second kappa shape index (κ2) is 6.38. The van der Waals surface area contributed by atoms with Crippen molar-refractivity contribution in [2.45, 2.75) is 31.9 Å². The third-order valence-electron chi connectivity index (χ3n) is 3.29. The summed E-state index contributed by atoms with van der Waals surface area (Å²) in [5.74, 6) is 0. The molecule has 0 aliphatic rings. The van der Waals surface area contributed by atoms with Crippen LogP contribution in [0.1, 0.15) is 16.7 Å². The molecule has 0 saturated heterocycles. The molecule has 0 unspecified atom stereocenters. The molecule has 0 radical (unpaired) electrons. The summed E-state index contributed by atoms with van der Waals surface area (Å²) in [5.41, 5.74) is 2.16. The Morgan fingerprint density at radius 3 is 2.67 bits per heavy atom. The maximum Gasteiger partial charge on any atom is 0.240 e. The Morgan fingerprint density at radius 2 is 2.05 bits per heavy atom. The predicted molar refractivity (Wildman–Crippen MR) is 79.3 cm³/mol. The molecule has 1 aromatic carbocycles. The summed E-state index contributed by atoms with van der Waals surface area (Å²) in [4.78, 5) is 0.206. The van der Waals surface area contributed by atoms with Crippen LogP contribution in [0, 0.1) is 13.8 Å². The highest BCUT2D eigenvalue weighted by molar-refractivity contribution is 7.89. The number of aliphatic hydroxyl groups excluding tert-OH is 1. The maximum atomic E-state index is 12.3. The summed E-state index contributed by atoms with van der Waals surface area (Å²) in [7, 11) is -3.60. The van der Waals surface area contributed by atoms with Crippen LogP contribution in [0.2, 0.25) is 0 Å². The number of benzene rings is 1. The van der Waals surface area contributed by atoms with Crippen molar-refractivity contribution in [1.29, 1.82) is 0 Å². The van der Waals surface area contributed by atoms with Gasteiger partial charge in [-0.1, -0.05) is 6.07 Å². The van der Waals surface area contributed by atoms with Crippen LogP contribution in [0.25, 0.3) is 0 Å². The van der Waals surface area contributed by atoms with Crippen molar-refractivity contribution in [2.75, 3.05) is 6.54 Å². The van der Waals surface area contributed by atoms with Gasteiger partial charge in [0.15, 0.2) is 0 Å². The van der Waals surface area contributed by atoms with Gasteiger partial charge in [0.05, 0.1) is 18.0 Å². The minimum Gasteiger partial charge on any atom is -0.392 e. The van der Waals surface area contributed by atoms with E-state index >= 15 is 0 Å². The first kappa shape index (κ1) is 15.7. The minimum atomic E-state index is -3.60. The van der Waals surface area contributed by atoms with Gasteiger partial charge in [0.1, 0.15) is 0 Å². The lowest BCUT2D eigenvalue weighted by Gasteiger charge is -2.12. The summed E-state index contributed by atoms with van der Waals surface area (Å²) >= 11 is 0. The Labute approximate surface area is 124 Å². The number of sulfonamides is 1. The molecule has 0 atom stereocenters. The quantitative estimate of drug-likeness (QED) is 0.833. The molecule has 0 fully saturated rings. The molecule has 0 spiro atoms. The normalized spacial score (nSPS) is 11.8. The molecule has 114 valence electrons. The van der Waals surface area contributed by atoms with E-state index in [-0.39, 0.29) is 18.0 Å². The van der Waals surface area contributed by atoms with Gasteiger partial charge in [-0.15, -0.1) is 0 Å². The van der Waals surface area contributed by atoms with E-state index in [4.69, 9.17) is 0 Å². The molecule has 6 nitrogen and oxygen atoms in total. The molecule has 0 aliphatic carbocycles. The number of hydrogen-bond acceptors (Lipinski definition) is 4. The number of aryl methyl sites for hydroxylation is 2. The molecule has 2 rings (SSSR count). The van der Waals surface area contributed by atoms with E-state index in [1.54, 1.807) is 36.1 Å². The topological polar surface area (TPSA) is 84.2 Å². The highest BCUT2D eigenvalue weighted by Crippen LogP contribution is 2.20. The summed E-state index contributed by atoms with van der Waals surface area (Å²) in [6.07, 6.45) is 3.42. The SMILES string of the molecule is Cc1cc(C)c(S(=O)(=O)NCCn2cccn2)cc1CO. The van der Waals surface area contributed by atoms with Gasteiger partial charge in [0.2, 0.25) is 10.0 Å². The zero-order chi connectivity index (χ0) is 15.5. The standard InChI is InChI=1S/C14H19N3O3S/c1-11-8-12(2)14(9-13(11)10-18)21(19,20)16-5-7-17-6-3-4-15-17/h3-4,6,8-9,16,18H,5,7,10H2,1-2H3. The van der Waals surface area contributed by atoms with Gasteiger partial charge in [0.25, 0.3) is 0 Å².